The van der Waals surface area contributed by atoms with Crippen molar-refractivity contribution >= 4 is 13.3 Å². The minimum absolute atomic E-state index is 0.404. The fourth-order valence-electron chi connectivity index (χ4n) is 1.77. The van der Waals surface area contributed by atoms with E-state index in [2.05, 4.69) is 56.1 Å². The Balaban J connectivity index is 2.44. The molecule has 0 saturated carbocycles. The van der Waals surface area contributed by atoms with E-state index in [1.54, 1.807) is 0 Å². The summed E-state index contributed by atoms with van der Waals surface area (Å²) >= 11 is 0. The minimum atomic E-state index is -1.16. The van der Waals surface area contributed by atoms with Gasteiger partial charge in [0.2, 0.25) is 0 Å². The van der Waals surface area contributed by atoms with Crippen LogP contribution < -0.4 is 10.5 Å². The lowest BCUT2D eigenvalue weighted by atomic mass is 10.2. The van der Waals surface area contributed by atoms with Crippen LogP contribution in [0.15, 0.2) is 24.3 Å². The van der Waals surface area contributed by atoms with Crippen molar-refractivity contribution in [1.82, 2.24) is 5.32 Å². The van der Waals surface area contributed by atoms with Gasteiger partial charge in [-0.1, -0.05) is 49.1 Å². The summed E-state index contributed by atoms with van der Waals surface area (Å²) in [4.78, 5) is 0. The molecule has 0 aromatic heterocycles. The maximum atomic E-state index is 5.39. The summed E-state index contributed by atoms with van der Waals surface area (Å²) in [5, 5.41) is 5.00. The third kappa shape index (κ3) is 5.34. The first kappa shape index (κ1) is 15.4. The number of nitrogens with one attached hydrogen (secondary N) is 1. The van der Waals surface area contributed by atoms with Crippen LogP contribution in [0.4, 0.5) is 0 Å². The second-order valence-corrected chi connectivity index (χ2v) is 11.0. The summed E-state index contributed by atoms with van der Waals surface area (Å²) in [6, 6.07) is 9.47. The van der Waals surface area contributed by atoms with Crippen molar-refractivity contribution in [3.8, 4) is 0 Å². The molecule has 3 heteroatoms. The molecule has 0 saturated heterocycles. The van der Waals surface area contributed by atoms with Gasteiger partial charge in [-0.25, -0.2) is 0 Å². The molecule has 1 atom stereocenters. The van der Waals surface area contributed by atoms with E-state index in [4.69, 9.17) is 4.74 Å². The fraction of sp³-hybridized carbons (Fsp3) is 0.600. The molecule has 0 heterocycles. The molecule has 0 bridgehead atoms. The Morgan fingerprint density at radius 1 is 1.17 bits per heavy atom. The number of rotatable bonds is 7. The van der Waals surface area contributed by atoms with Gasteiger partial charge in [-0.05, 0) is 19.4 Å². The molecule has 0 amide bonds. The Bertz CT molecular complexity index is 343. The molecule has 102 valence electrons. The maximum absolute atomic E-state index is 5.39. The largest absolute Gasteiger partial charge is 0.380 e. The Morgan fingerprint density at radius 3 is 2.28 bits per heavy atom. The normalized spacial score (nSPS) is 13.6. The lowest BCUT2D eigenvalue weighted by Gasteiger charge is -2.17. The SMILES string of the molecule is CCOCC(C)NCc1ccc([Si](C)(C)C)cc1. The molecule has 2 nitrogen and oxygen atoms in total. The molecular formula is C15H27NOSi. The molecule has 18 heavy (non-hydrogen) atoms. The average molecular weight is 265 g/mol. The van der Waals surface area contributed by atoms with Crippen LogP contribution >= 0.6 is 0 Å². The molecule has 1 N–H and O–H groups in total. The van der Waals surface area contributed by atoms with E-state index in [1.165, 1.54) is 10.8 Å². The predicted molar refractivity (Wildman–Crippen MR) is 82.2 cm³/mol. The summed E-state index contributed by atoms with van der Waals surface area (Å²) in [7, 11) is -1.16. The van der Waals surface area contributed by atoms with Gasteiger partial charge in [0, 0.05) is 19.2 Å². The summed E-state index contributed by atoms with van der Waals surface area (Å²) in [5.74, 6) is 0. The monoisotopic (exact) mass is 265 g/mol. The van der Waals surface area contributed by atoms with Gasteiger partial charge in [0.25, 0.3) is 0 Å². The van der Waals surface area contributed by atoms with Crippen LogP contribution in [0.2, 0.25) is 19.6 Å². The van der Waals surface area contributed by atoms with Crippen LogP contribution in [-0.4, -0.2) is 27.3 Å². The number of ether oxygens (including phenoxy) is 1. The summed E-state index contributed by atoms with van der Waals surface area (Å²) in [6.07, 6.45) is 0. The summed E-state index contributed by atoms with van der Waals surface area (Å²) in [5.41, 5.74) is 1.35. The lowest BCUT2D eigenvalue weighted by Crippen LogP contribution is -2.37. The standard InChI is InChI=1S/C15H27NOSi/c1-6-17-12-13(2)16-11-14-7-9-15(10-8-14)18(3,4)5/h7-10,13,16H,6,11-12H2,1-5H3. The Labute approximate surface area is 113 Å². The highest BCUT2D eigenvalue weighted by atomic mass is 28.3. The number of hydrogen-bond acceptors (Lipinski definition) is 2. The molecule has 1 aromatic rings. The second-order valence-electron chi connectivity index (χ2n) is 5.89. The van der Waals surface area contributed by atoms with Crippen LogP contribution in [0, 0.1) is 0 Å². The highest BCUT2D eigenvalue weighted by Gasteiger charge is 2.15. The Hall–Kier alpha value is -0.643. The van der Waals surface area contributed by atoms with Crippen molar-refractivity contribution in [2.24, 2.45) is 0 Å². The van der Waals surface area contributed by atoms with Crippen molar-refractivity contribution in [3.05, 3.63) is 29.8 Å². The molecule has 0 spiro atoms. The fourth-order valence-corrected chi connectivity index (χ4v) is 2.93. The first-order chi connectivity index (χ1) is 8.43. The zero-order chi connectivity index (χ0) is 13.6. The van der Waals surface area contributed by atoms with E-state index < -0.39 is 8.07 Å². The highest BCUT2D eigenvalue weighted by molar-refractivity contribution is 6.88. The second kappa shape index (κ2) is 7.07. The van der Waals surface area contributed by atoms with Gasteiger partial charge in [-0.3, -0.25) is 0 Å². The molecule has 1 rings (SSSR count). The van der Waals surface area contributed by atoms with Gasteiger partial charge in [0.1, 0.15) is 0 Å². The van der Waals surface area contributed by atoms with E-state index in [-0.39, 0.29) is 0 Å². The van der Waals surface area contributed by atoms with Crippen LogP contribution in [0.5, 0.6) is 0 Å². The third-order valence-corrected chi connectivity index (χ3v) is 5.11. The first-order valence-electron chi connectivity index (χ1n) is 6.84. The van der Waals surface area contributed by atoms with E-state index >= 15 is 0 Å². The molecule has 0 radical (unpaired) electrons. The van der Waals surface area contributed by atoms with Crippen LogP contribution in [-0.2, 0) is 11.3 Å². The van der Waals surface area contributed by atoms with E-state index in [1.807, 2.05) is 6.92 Å². The van der Waals surface area contributed by atoms with Gasteiger partial charge in [-0.15, -0.1) is 0 Å². The Kier molecular flexibility index (Phi) is 6.06. The van der Waals surface area contributed by atoms with Gasteiger partial charge < -0.3 is 10.1 Å². The smallest absolute Gasteiger partial charge is 0.0775 e. The van der Waals surface area contributed by atoms with E-state index in [0.717, 1.165) is 19.8 Å². The van der Waals surface area contributed by atoms with E-state index in [9.17, 15) is 0 Å². The maximum Gasteiger partial charge on any atom is 0.0775 e. The average Bonchev–Trinajstić information content (AvgIpc) is 2.33. The highest BCUT2D eigenvalue weighted by Crippen LogP contribution is 2.04. The molecule has 0 aliphatic rings. The lowest BCUT2D eigenvalue weighted by molar-refractivity contribution is 0.127. The number of benzene rings is 1. The van der Waals surface area contributed by atoms with Crippen molar-refractivity contribution < 1.29 is 4.74 Å². The molecule has 0 fully saturated rings. The van der Waals surface area contributed by atoms with Crippen molar-refractivity contribution in [2.45, 2.75) is 46.1 Å². The molecule has 0 aliphatic heterocycles. The quantitative estimate of drug-likeness (QED) is 0.766. The van der Waals surface area contributed by atoms with Gasteiger partial charge >= 0.3 is 0 Å². The van der Waals surface area contributed by atoms with Crippen LogP contribution in [0.25, 0.3) is 0 Å². The van der Waals surface area contributed by atoms with Crippen LogP contribution in [0.1, 0.15) is 19.4 Å². The summed E-state index contributed by atoms with van der Waals surface area (Å²) < 4.78 is 5.39. The zero-order valence-corrected chi connectivity index (χ0v) is 13.4. The van der Waals surface area contributed by atoms with Crippen LogP contribution in [0.3, 0.4) is 0 Å². The topological polar surface area (TPSA) is 21.3 Å². The molecule has 0 aliphatic carbocycles. The first-order valence-corrected chi connectivity index (χ1v) is 10.3. The minimum Gasteiger partial charge on any atom is -0.380 e. The van der Waals surface area contributed by atoms with E-state index in [0.29, 0.717) is 6.04 Å². The molecule has 1 aromatic carbocycles. The van der Waals surface area contributed by atoms with Gasteiger partial charge in [0.05, 0.1) is 14.7 Å². The third-order valence-electron chi connectivity index (χ3n) is 3.05. The summed E-state index contributed by atoms with van der Waals surface area (Å²) in [6.45, 7) is 13.8. The van der Waals surface area contributed by atoms with Crippen molar-refractivity contribution in [2.75, 3.05) is 13.2 Å². The Morgan fingerprint density at radius 2 is 1.78 bits per heavy atom. The predicted octanol–water partition coefficient (Wildman–Crippen LogP) is 2.75. The van der Waals surface area contributed by atoms with Crippen molar-refractivity contribution in [1.29, 1.82) is 0 Å². The number of hydrogen-bond donors (Lipinski definition) is 1. The van der Waals surface area contributed by atoms with Gasteiger partial charge in [0.15, 0.2) is 0 Å². The zero-order valence-electron chi connectivity index (χ0n) is 12.4. The van der Waals surface area contributed by atoms with Gasteiger partial charge in [-0.2, -0.15) is 0 Å². The van der Waals surface area contributed by atoms with Crippen molar-refractivity contribution in [3.63, 3.8) is 0 Å². The molecular weight excluding hydrogens is 238 g/mol. The molecule has 1 unspecified atom stereocenters.